The molecule has 3 nitrogen and oxygen atoms in total. The Labute approximate surface area is 114 Å². The van der Waals surface area contributed by atoms with Gasteiger partial charge in [-0.15, -0.1) is 19.0 Å². The molecule has 0 heterocycles. The molecule has 0 saturated heterocycles. The van der Waals surface area contributed by atoms with Crippen LogP contribution in [0.2, 0.25) is 0 Å². The molecule has 1 aromatic carbocycles. The number of nitrogens with zero attached hydrogens (tertiary/aromatic N) is 1. The first-order chi connectivity index (χ1) is 8.31. The van der Waals surface area contributed by atoms with Gasteiger partial charge in [0.25, 0.3) is 0 Å². The van der Waals surface area contributed by atoms with E-state index in [1.807, 2.05) is 35.2 Å². The van der Waals surface area contributed by atoms with Crippen LogP contribution in [0.4, 0.5) is 5.69 Å². The maximum Gasteiger partial charge on any atom is 0.242 e. The van der Waals surface area contributed by atoms with Gasteiger partial charge in [-0.05, 0) is 25.0 Å². The molecule has 1 aliphatic carbocycles. The topological polar surface area (TPSA) is 32.3 Å². The standard InChI is InChI=1S/C14H18N2O.ClH/c1-2-10-16(13-8-9-13)14(17)11-15-12-6-4-3-5-7-12;/h2-7,13,15H,1,8-11H2;1H. The van der Waals surface area contributed by atoms with E-state index in [1.165, 1.54) is 0 Å². The normalized spacial score (nSPS) is 13.3. The predicted molar refractivity (Wildman–Crippen MR) is 77.1 cm³/mol. The van der Waals surface area contributed by atoms with Gasteiger partial charge in [-0.1, -0.05) is 24.3 Å². The minimum Gasteiger partial charge on any atom is -0.376 e. The SMILES string of the molecule is C=CCN(C(=O)CNc1ccccc1)C1CC1.Cl. The molecule has 1 saturated carbocycles. The largest absolute Gasteiger partial charge is 0.376 e. The maximum atomic E-state index is 12.0. The Bertz CT molecular complexity index is 390. The van der Waals surface area contributed by atoms with Crippen LogP contribution in [0.15, 0.2) is 43.0 Å². The van der Waals surface area contributed by atoms with Crippen LogP contribution in [0.1, 0.15) is 12.8 Å². The number of anilines is 1. The van der Waals surface area contributed by atoms with Gasteiger partial charge in [-0.25, -0.2) is 0 Å². The molecule has 0 radical (unpaired) electrons. The number of para-hydroxylation sites is 1. The zero-order chi connectivity index (χ0) is 12.1. The van der Waals surface area contributed by atoms with Crippen LogP contribution in [0.5, 0.6) is 0 Å². The first kappa shape index (κ1) is 14.6. The fourth-order valence-corrected chi connectivity index (χ4v) is 1.82. The molecular formula is C14H19ClN2O. The van der Waals surface area contributed by atoms with Crippen LogP contribution in [0, 0.1) is 0 Å². The van der Waals surface area contributed by atoms with Gasteiger partial charge in [-0.3, -0.25) is 4.79 Å². The molecule has 0 atom stereocenters. The van der Waals surface area contributed by atoms with Crippen molar-refractivity contribution in [3.05, 3.63) is 43.0 Å². The average molecular weight is 267 g/mol. The predicted octanol–water partition coefficient (Wildman–Crippen LogP) is 2.70. The number of nitrogens with one attached hydrogen (secondary N) is 1. The van der Waals surface area contributed by atoms with Crippen LogP contribution in [0.3, 0.4) is 0 Å². The summed E-state index contributed by atoms with van der Waals surface area (Å²) < 4.78 is 0. The highest BCUT2D eigenvalue weighted by Gasteiger charge is 2.31. The van der Waals surface area contributed by atoms with Crippen molar-refractivity contribution in [1.82, 2.24) is 4.90 Å². The molecule has 1 aliphatic rings. The van der Waals surface area contributed by atoms with Gasteiger partial charge in [0.2, 0.25) is 5.91 Å². The summed E-state index contributed by atoms with van der Waals surface area (Å²) in [5.74, 6) is 0.149. The highest BCUT2D eigenvalue weighted by Crippen LogP contribution is 2.26. The number of benzene rings is 1. The fraction of sp³-hybridized carbons (Fsp3) is 0.357. The Morgan fingerprint density at radius 3 is 2.61 bits per heavy atom. The van der Waals surface area contributed by atoms with Crippen LogP contribution in [0.25, 0.3) is 0 Å². The monoisotopic (exact) mass is 266 g/mol. The summed E-state index contributed by atoms with van der Waals surface area (Å²) in [6, 6.07) is 10.2. The third-order valence-corrected chi connectivity index (χ3v) is 2.85. The van der Waals surface area contributed by atoms with Crippen molar-refractivity contribution in [2.45, 2.75) is 18.9 Å². The second-order valence-corrected chi connectivity index (χ2v) is 4.29. The van der Waals surface area contributed by atoms with E-state index < -0.39 is 0 Å². The number of carbonyl (C=O) groups excluding carboxylic acids is 1. The quantitative estimate of drug-likeness (QED) is 0.803. The minimum atomic E-state index is 0. The Balaban J connectivity index is 0.00000162. The van der Waals surface area contributed by atoms with E-state index >= 15 is 0 Å². The smallest absolute Gasteiger partial charge is 0.242 e. The molecule has 1 N–H and O–H groups in total. The fourth-order valence-electron chi connectivity index (χ4n) is 1.82. The molecule has 1 aromatic rings. The van der Waals surface area contributed by atoms with E-state index in [-0.39, 0.29) is 18.3 Å². The zero-order valence-electron chi connectivity index (χ0n) is 10.3. The minimum absolute atomic E-state index is 0. The van der Waals surface area contributed by atoms with Crippen molar-refractivity contribution in [2.24, 2.45) is 0 Å². The Hall–Kier alpha value is -1.48. The molecule has 18 heavy (non-hydrogen) atoms. The number of carbonyl (C=O) groups is 1. The van der Waals surface area contributed by atoms with Gasteiger partial charge in [-0.2, -0.15) is 0 Å². The molecule has 1 amide bonds. The summed E-state index contributed by atoms with van der Waals surface area (Å²) in [5.41, 5.74) is 0.982. The van der Waals surface area contributed by atoms with E-state index in [9.17, 15) is 4.79 Å². The first-order valence-corrected chi connectivity index (χ1v) is 6.00. The molecule has 2 rings (SSSR count). The van der Waals surface area contributed by atoms with Gasteiger partial charge in [0.05, 0.1) is 6.54 Å². The molecule has 0 bridgehead atoms. The van der Waals surface area contributed by atoms with E-state index in [0.29, 0.717) is 19.1 Å². The molecule has 4 heteroatoms. The highest BCUT2D eigenvalue weighted by atomic mass is 35.5. The molecule has 0 aliphatic heterocycles. The maximum absolute atomic E-state index is 12.0. The Morgan fingerprint density at radius 2 is 2.06 bits per heavy atom. The molecule has 0 unspecified atom stereocenters. The zero-order valence-corrected chi connectivity index (χ0v) is 11.2. The molecule has 0 aromatic heterocycles. The number of amides is 1. The third-order valence-electron chi connectivity index (χ3n) is 2.85. The second-order valence-electron chi connectivity index (χ2n) is 4.29. The Kier molecular flexibility index (Phi) is 5.72. The van der Waals surface area contributed by atoms with E-state index in [4.69, 9.17) is 0 Å². The summed E-state index contributed by atoms with van der Waals surface area (Å²) in [4.78, 5) is 13.9. The molecule has 0 spiro atoms. The van der Waals surface area contributed by atoms with Crippen LogP contribution in [-0.4, -0.2) is 29.9 Å². The van der Waals surface area contributed by atoms with E-state index in [0.717, 1.165) is 18.5 Å². The van der Waals surface area contributed by atoms with E-state index in [2.05, 4.69) is 11.9 Å². The van der Waals surface area contributed by atoms with Crippen molar-refractivity contribution in [3.63, 3.8) is 0 Å². The lowest BCUT2D eigenvalue weighted by Gasteiger charge is -2.21. The summed E-state index contributed by atoms with van der Waals surface area (Å²) in [5, 5.41) is 3.14. The van der Waals surface area contributed by atoms with Gasteiger partial charge in [0, 0.05) is 18.3 Å². The first-order valence-electron chi connectivity index (χ1n) is 6.00. The summed E-state index contributed by atoms with van der Waals surface area (Å²) in [6.45, 7) is 4.71. The van der Waals surface area contributed by atoms with Gasteiger partial charge in [0.1, 0.15) is 0 Å². The number of hydrogen-bond acceptors (Lipinski definition) is 2. The van der Waals surface area contributed by atoms with Crippen molar-refractivity contribution in [3.8, 4) is 0 Å². The number of hydrogen-bond donors (Lipinski definition) is 1. The van der Waals surface area contributed by atoms with Gasteiger partial charge >= 0.3 is 0 Å². The van der Waals surface area contributed by atoms with Crippen molar-refractivity contribution in [2.75, 3.05) is 18.4 Å². The summed E-state index contributed by atoms with van der Waals surface area (Å²) in [6.07, 6.45) is 4.05. The summed E-state index contributed by atoms with van der Waals surface area (Å²) >= 11 is 0. The lowest BCUT2D eigenvalue weighted by atomic mass is 10.3. The summed E-state index contributed by atoms with van der Waals surface area (Å²) in [7, 11) is 0. The lowest BCUT2D eigenvalue weighted by Crippen LogP contribution is -2.37. The van der Waals surface area contributed by atoms with Crippen LogP contribution in [-0.2, 0) is 4.79 Å². The molecular weight excluding hydrogens is 248 g/mol. The number of rotatable bonds is 6. The highest BCUT2D eigenvalue weighted by molar-refractivity contribution is 5.85. The van der Waals surface area contributed by atoms with Crippen LogP contribution >= 0.6 is 12.4 Å². The number of halogens is 1. The lowest BCUT2D eigenvalue weighted by molar-refractivity contribution is -0.129. The van der Waals surface area contributed by atoms with E-state index in [1.54, 1.807) is 6.08 Å². The molecule has 98 valence electrons. The Morgan fingerprint density at radius 1 is 1.39 bits per heavy atom. The van der Waals surface area contributed by atoms with Gasteiger partial charge < -0.3 is 10.2 Å². The van der Waals surface area contributed by atoms with Gasteiger partial charge in [0.15, 0.2) is 0 Å². The molecule has 1 fully saturated rings. The van der Waals surface area contributed by atoms with Crippen molar-refractivity contribution < 1.29 is 4.79 Å². The second kappa shape index (κ2) is 7.07. The van der Waals surface area contributed by atoms with Crippen LogP contribution < -0.4 is 5.32 Å². The third kappa shape index (κ3) is 4.08. The van der Waals surface area contributed by atoms with Crippen molar-refractivity contribution in [1.29, 1.82) is 0 Å². The van der Waals surface area contributed by atoms with Crippen molar-refractivity contribution >= 4 is 24.0 Å². The average Bonchev–Trinajstić information content (AvgIpc) is 3.18.